The minimum atomic E-state index is -0.925. The molecule has 1 aromatic carbocycles. The van der Waals surface area contributed by atoms with Gasteiger partial charge in [-0.25, -0.2) is 4.79 Å². The molecule has 1 saturated heterocycles. The van der Waals surface area contributed by atoms with E-state index in [0.29, 0.717) is 37.3 Å². The molecule has 40 heavy (non-hydrogen) atoms. The summed E-state index contributed by atoms with van der Waals surface area (Å²) >= 11 is 1.04. The van der Waals surface area contributed by atoms with Gasteiger partial charge in [0.25, 0.3) is 0 Å². The fraction of sp³-hybridized carbons (Fsp3) is 0.679. The summed E-state index contributed by atoms with van der Waals surface area (Å²) in [5.41, 5.74) is 5.57. The smallest absolute Gasteiger partial charge is 0.408 e. The molecule has 0 bridgehead atoms. The molecule has 226 valence electrons. The molecule has 1 heterocycles. The third-order valence-corrected chi connectivity index (χ3v) is 7.15. The summed E-state index contributed by atoms with van der Waals surface area (Å²) in [7, 11) is 0. The van der Waals surface area contributed by atoms with Gasteiger partial charge in [-0.05, 0) is 65.2 Å². The van der Waals surface area contributed by atoms with Crippen LogP contribution in [0, 0.1) is 5.41 Å². The molecule has 2 rings (SSSR count). The lowest BCUT2D eigenvalue weighted by molar-refractivity contribution is -0.304. The largest absolute Gasteiger partial charge is 0.504 e. The molecule has 1 unspecified atom stereocenters. The standard InChI is InChI=1S/C28H45N3O8S/c1-26(2,3)39-25(36)31-19(14-17-8-9-20(32)21(33)15-17)24(35)40-13-11-18(29)10-12-30-23(34)22-27(4,5)16-37-28(6,7)38-22/h8-9,15,18-19,22,32-33H,10-14,16,29H2,1-7H3,(H,30,34)(H,31,36)/t18?,19-,22-/m0/s1. The van der Waals surface area contributed by atoms with Gasteiger partial charge in [-0.3, -0.25) is 9.59 Å². The van der Waals surface area contributed by atoms with Crippen LogP contribution in [0.3, 0.4) is 0 Å². The number of aromatic hydroxyl groups is 2. The number of ether oxygens (including phenoxy) is 3. The quantitative estimate of drug-likeness (QED) is 0.244. The van der Waals surface area contributed by atoms with Gasteiger partial charge >= 0.3 is 6.09 Å². The number of amides is 2. The topological polar surface area (TPSA) is 169 Å². The lowest BCUT2D eigenvalue weighted by Crippen LogP contribution is -2.56. The average Bonchev–Trinajstić information content (AvgIpc) is 2.81. The predicted octanol–water partition coefficient (Wildman–Crippen LogP) is 3.19. The number of nitrogens with two attached hydrogens (primary N) is 1. The van der Waals surface area contributed by atoms with Crippen LogP contribution in [0.2, 0.25) is 0 Å². The van der Waals surface area contributed by atoms with Crippen molar-refractivity contribution >= 4 is 28.9 Å². The fourth-order valence-electron chi connectivity index (χ4n) is 3.93. The van der Waals surface area contributed by atoms with Gasteiger partial charge in [-0.2, -0.15) is 0 Å². The van der Waals surface area contributed by atoms with Crippen LogP contribution >= 0.6 is 11.8 Å². The first-order chi connectivity index (χ1) is 18.4. The molecule has 0 radical (unpaired) electrons. The molecule has 1 fully saturated rings. The summed E-state index contributed by atoms with van der Waals surface area (Å²) in [4.78, 5) is 38.2. The van der Waals surface area contributed by atoms with Crippen molar-refractivity contribution in [3.05, 3.63) is 23.8 Å². The summed E-state index contributed by atoms with van der Waals surface area (Å²) in [5, 5.41) is 24.6. The van der Waals surface area contributed by atoms with Crippen molar-refractivity contribution in [2.45, 2.75) is 97.3 Å². The van der Waals surface area contributed by atoms with E-state index in [0.717, 1.165) is 11.8 Å². The first kappa shape index (κ1) is 33.7. The second-order valence-corrected chi connectivity index (χ2v) is 13.3. The highest BCUT2D eigenvalue weighted by atomic mass is 32.2. The molecule has 0 aromatic heterocycles. The summed E-state index contributed by atoms with van der Waals surface area (Å²) in [5.74, 6) is -1.24. The number of rotatable bonds is 11. The Hall–Kier alpha value is -2.54. The Bertz CT molecular complexity index is 1040. The Labute approximate surface area is 240 Å². The molecule has 12 heteroatoms. The van der Waals surface area contributed by atoms with Crippen LogP contribution in [0.25, 0.3) is 0 Å². The number of hydrogen-bond acceptors (Lipinski definition) is 10. The summed E-state index contributed by atoms with van der Waals surface area (Å²) in [6, 6.07) is 3.04. The lowest BCUT2D eigenvalue weighted by Gasteiger charge is -2.44. The van der Waals surface area contributed by atoms with Crippen LogP contribution in [0.4, 0.5) is 4.79 Å². The van der Waals surface area contributed by atoms with Gasteiger partial charge in [0.2, 0.25) is 11.0 Å². The van der Waals surface area contributed by atoms with Crippen molar-refractivity contribution < 1.29 is 38.8 Å². The van der Waals surface area contributed by atoms with Crippen LogP contribution in [0.15, 0.2) is 18.2 Å². The number of benzene rings is 1. The van der Waals surface area contributed by atoms with Crippen molar-refractivity contribution in [3.63, 3.8) is 0 Å². The van der Waals surface area contributed by atoms with E-state index >= 15 is 0 Å². The predicted molar refractivity (Wildman–Crippen MR) is 153 cm³/mol. The molecule has 0 saturated carbocycles. The Morgan fingerprint density at radius 3 is 2.45 bits per heavy atom. The van der Waals surface area contributed by atoms with Crippen molar-refractivity contribution in [3.8, 4) is 11.5 Å². The Morgan fingerprint density at radius 1 is 1.15 bits per heavy atom. The van der Waals surface area contributed by atoms with Crippen LogP contribution in [-0.2, 0) is 30.2 Å². The lowest BCUT2D eigenvalue weighted by atomic mass is 9.85. The maximum absolute atomic E-state index is 13.0. The highest BCUT2D eigenvalue weighted by Gasteiger charge is 2.45. The number of phenols is 2. The molecule has 3 atom stereocenters. The monoisotopic (exact) mass is 583 g/mol. The number of carbonyl (C=O) groups is 3. The van der Waals surface area contributed by atoms with Crippen LogP contribution in [-0.4, -0.2) is 75.8 Å². The Balaban J connectivity index is 1.86. The zero-order valence-corrected chi connectivity index (χ0v) is 25.4. The first-order valence-corrected chi connectivity index (χ1v) is 14.4. The number of alkyl carbamates (subject to hydrolysis) is 1. The van der Waals surface area contributed by atoms with Crippen LogP contribution < -0.4 is 16.4 Å². The van der Waals surface area contributed by atoms with E-state index < -0.39 is 35.0 Å². The van der Waals surface area contributed by atoms with Gasteiger partial charge in [-0.1, -0.05) is 31.7 Å². The SMILES string of the molecule is CC(C)(C)OC(=O)N[C@@H](Cc1ccc(O)c(O)c1)C(=O)SCCC(N)CCNC(=O)[C@@H]1OC(C)(C)OCC1(C)C. The summed E-state index contributed by atoms with van der Waals surface area (Å²) < 4.78 is 16.8. The Morgan fingerprint density at radius 2 is 1.82 bits per heavy atom. The van der Waals surface area contributed by atoms with E-state index in [2.05, 4.69) is 10.6 Å². The van der Waals surface area contributed by atoms with E-state index in [1.165, 1.54) is 12.1 Å². The van der Waals surface area contributed by atoms with Gasteiger partial charge in [0, 0.05) is 30.2 Å². The van der Waals surface area contributed by atoms with Gasteiger partial charge in [-0.15, -0.1) is 0 Å². The summed E-state index contributed by atoms with van der Waals surface area (Å²) in [6.07, 6.45) is -0.261. The molecule has 6 N–H and O–H groups in total. The second kappa shape index (κ2) is 13.9. The van der Waals surface area contributed by atoms with Crippen molar-refractivity contribution in [1.82, 2.24) is 10.6 Å². The molecule has 1 aliphatic rings. The van der Waals surface area contributed by atoms with E-state index in [1.54, 1.807) is 40.7 Å². The molecule has 11 nitrogen and oxygen atoms in total. The average molecular weight is 584 g/mol. The van der Waals surface area contributed by atoms with Gasteiger partial charge < -0.3 is 40.8 Å². The number of phenolic OH excluding ortho intramolecular Hbond substituents is 2. The number of carbonyl (C=O) groups excluding carboxylic acids is 3. The van der Waals surface area contributed by atoms with Crippen molar-refractivity contribution in [1.29, 1.82) is 0 Å². The third kappa shape index (κ3) is 11.1. The summed E-state index contributed by atoms with van der Waals surface area (Å²) in [6.45, 7) is 13.3. The third-order valence-electron chi connectivity index (χ3n) is 6.14. The van der Waals surface area contributed by atoms with Crippen molar-refractivity contribution in [2.24, 2.45) is 11.1 Å². The second-order valence-electron chi connectivity index (χ2n) is 12.2. The molecule has 1 aliphatic heterocycles. The van der Waals surface area contributed by atoms with E-state index in [9.17, 15) is 24.6 Å². The van der Waals surface area contributed by atoms with Gasteiger partial charge in [0.15, 0.2) is 17.3 Å². The Kier molecular flexibility index (Phi) is 11.7. The zero-order chi connectivity index (χ0) is 30.3. The van der Waals surface area contributed by atoms with E-state index in [-0.39, 0.29) is 35.0 Å². The minimum absolute atomic E-state index is 0.0957. The van der Waals surface area contributed by atoms with Gasteiger partial charge in [0.1, 0.15) is 17.7 Å². The van der Waals surface area contributed by atoms with Crippen molar-refractivity contribution in [2.75, 3.05) is 18.9 Å². The fourth-order valence-corrected chi connectivity index (χ4v) is 4.89. The molecular formula is C28H45N3O8S. The van der Waals surface area contributed by atoms with Crippen LogP contribution in [0.1, 0.15) is 66.9 Å². The van der Waals surface area contributed by atoms with E-state index in [1.807, 2.05) is 13.8 Å². The highest BCUT2D eigenvalue weighted by Crippen LogP contribution is 2.35. The highest BCUT2D eigenvalue weighted by molar-refractivity contribution is 8.13. The number of hydrogen-bond donors (Lipinski definition) is 5. The molecule has 2 amide bonds. The number of thioether (sulfide) groups is 1. The zero-order valence-electron chi connectivity index (χ0n) is 24.5. The molecule has 0 spiro atoms. The molecule has 0 aliphatic carbocycles. The minimum Gasteiger partial charge on any atom is -0.504 e. The molecule has 1 aromatic rings. The maximum atomic E-state index is 13.0. The first-order valence-electron chi connectivity index (χ1n) is 13.4. The number of nitrogens with one attached hydrogen (secondary N) is 2. The normalized spacial score (nSPS) is 19.8. The van der Waals surface area contributed by atoms with E-state index in [4.69, 9.17) is 19.9 Å². The van der Waals surface area contributed by atoms with Crippen LogP contribution in [0.5, 0.6) is 11.5 Å². The molecular weight excluding hydrogens is 538 g/mol. The van der Waals surface area contributed by atoms with Gasteiger partial charge in [0.05, 0.1) is 6.61 Å². The maximum Gasteiger partial charge on any atom is 0.408 e.